The zero-order chi connectivity index (χ0) is 20.5. The molecule has 0 aliphatic heterocycles. The van der Waals surface area contributed by atoms with Crippen LogP contribution in [-0.4, -0.2) is 39.3 Å². The summed E-state index contributed by atoms with van der Waals surface area (Å²) in [6.45, 7) is 4.30. The molecule has 0 aliphatic carbocycles. The first-order valence-corrected chi connectivity index (χ1v) is 8.84. The maximum Gasteiger partial charge on any atom is 0.338 e. The highest BCUT2D eigenvalue weighted by Gasteiger charge is 2.12. The summed E-state index contributed by atoms with van der Waals surface area (Å²) in [6.07, 6.45) is 0. The molecule has 7 heteroatoms. The second kappa shape index (κ2) is 10.2. The largest absolute Gasteiger partial charge is 0.493 e. The Morgan fingerprint density at radius 1 is 0.964 bits per heavy atom. The standard InChI is InChI=1S/C21H25NO6/c1-14(2)12-27-17-8-5-15(6-9-17)21(24)28-13-20(23)22-16-7-10-18(25-3)19(11-16)26-4/h5-11,14H,12-13H2,1-4H3,(H,22,23). The van der Waals surface area contributed by atoms with Gasteiger partial charge in [-0.2, -0.15) is 0 Å². The number of benzene rings is 2. The average molecular weight is 387 g/mol. The first-order chi connectivity index (χ1) is 13.4. The van der Waals surface area contributed by atoms with E-state index in [9.17, 15) is 9.59 Å². The lowest BCUT2D eigenvalue weighted by Gasteiger charge is -2.11. The molecule has 1 amide bonds. The number of nitrogens with one attached hydrogen (secondary N) is 1. The fourth-order valence-electron chi connectivity index (χ4n) is 2.28. The van der Waals surface area contributed by atoms with E-state index in [4.69, 9.17) is 18.9 Å². The van der Waals surface area contributed by atoms with Gasteiger partial charge in [0.1, 0.15) is 5.75 Å². The Morgan fingerprint density at radius 3 is 2.25 bits per heavy atom. The number of anilines is 1. The van der Waals surface area contributed by atoms with Crippen LogP contribution in [0.15, 0.2) is 42.5 Å². The molecule has 150 valence electrons. The second-order valence-corrected chi connectivity index (χ2v) is 6.42. The van der Waals surface area contributed by atoms with Crippen LogP contribution in [0.1, 0.15) is 24.2 Å². The van der Waals surface area contributed by atoms with Crippen molar-refractivity contribution in [3.8, 4) is 17.2 Å². The Morgan fingerprint density at radius 2 is 1.64 bits per heavy atom. The van der Waals surface area contributed by atoms with Gasteiger partial charge in [-0.15, -0.1) is 0 Å². The fourth-order valence-corrected chi connectivity index (χ4v) is 2.28. The second-order valence-electron chi connectivity index (χ2n) is 6.42. The zero-order valence-electron chi connectivity index (χ0n) is 16.5. The van der Waals surface area contributed by atoms with Crippen LogP contribution >= 0.6 is 0 Å². The minimum absolute atomic E-state index is 0.343. The van der Waals surface area contributed by atoms with Gasteiger partial charge >= 0.3 is 5.97 Å². The van der Waals surface area contributed by atoms with Crippen molar-refractivity contribution in [2.75, 3.05) is 32.8 Å². The van der Waals surface area contributed by atoms with Gasteiger partial charge in [-0.25, -0.2) is 4.79 Å². The van der Waals surface area contributed by atoms with Crippen LogP contribution in [0.2, 0.25) is 0 Å². The molecule has 0 unspecified atom stereocenters. The van der Waals surface area contributed by atoms with E-state index in [0.717, 1.165) is 0 Å². The molecule has 0 heterocycles. The van der Waals surface area contributed by atoms with E-state index in [-0.39, 0.29) is 0 Å². The molecule has 0 aliphatic rings. The van der Waals surface area contributed by atoms with E-state index >= 15 is 0 Å². The van der Waals surface area contributed by atoms with E-state index in [1.165, 1.54) is 14.2 Å². The van der Waals surface area contributed by atoms with Crippen molar-refractivity contribution in [3.05, 3.63) is 48.0 Å². The summed E-state index contributed by atoms with van der Waals surface area (Å²) >= 11 is 0. The van der Waals surface area contributed by atoms with E-state index in [1.807, 2.05) is 0 Å². The third-order valence-corrected chi connectivity index (χ3v) is 3.68. The molecular weight excluding hydrogens is 362 g/mol. The number of esters is 1. The highest BCUT2D eigenvalue weighted by molar-refractivity contribution is 5.95. The summed E-state index contributed by atoms with van der Waals surface area (Å²) in [7, 11) is 3.03. The van der Waals surface area contributed by atoms with Crippen LogP contribution in [0.25, 0.3) is 0 Å². The Bertz CT molecular complexity index is 801. The van der Waals surface area contributed by atoms with Gasteiger partial charge in [-0.3, -0.25) is 4.79 Å². The number of hydrogen-bond acceptors (Lipinski definition) is 6. The van der Waals surface area contributed by atoms with Crippen LogP contribution in [0.4, 0.5) is 5.69 Å². The molecule has 0 fully saturated rings. The number of hydrogen-bond donors (Lipinski definition) is 1. The number of carbonyl (C=O) groups is 2. The Kier molecular flexibility index (Phi) is 7.68. The van der Waals surface area contributed by atoms with Crippen molar-refractivity contribution >= 4 is 17.6 Å². The topological polar surface area (TPSA) is 83.1 Å². The summed E-state index contributed by atoms with van der Waals surface area (Å²) in [5.41, 5.74) is 0.848. The smallest absolute Gasteiger partial charge is 0.338 e. The maximum atomic E-state index is 12.1. The van der Waals surface area contributed by atoms with E-state index < -0.39 is 18.5 Å². The monoisotopic (exact) mass is 387 g/mol. The molecule has 7 nitrogen and oxygen atoms in total. The van der Waals surface area contributed by atoms with Crippen molar-refractivity contribution < 1.29 is 28.5 Å². The summed E-state index contributed by atoms with van der Waals surface area (Å²) < 4.78 is 20.9. The summed E-state index contributed by atoms with van der Waals surface area (Å²) in [4.78, 5) is 24.1. The molecule has 0 atom stereocenters. The lowest BCUT2D eigenvalue weighted by atomic mass is 10.2. The van der Waals surface area contributed by atoms with E-state index in [0.29, 0.717) is 41.0 Å². The van der Waals surface area contributed by atoms with Gasteiger partial charge in [0.2, 0.25) is 0 Å². The molecule has 2 aromatic rings. The normalized spacial score (nSPS) is 10.3. The van der Waals surface area contributed by atoms with Gasteiger partial charge in [0.15, 0.2) is 18.1 Å². The van der Waals surface area contributed by atoms with Crippen molar-refractivity contribution in [3.63, 3.8) is 0 Å². The van der Waals surface area contributed by atoms with Gasteiger partial charge in [0.05, 0.1) is 26.4 Å². The van der Waals surface area contributed by atoms with Crippen molar-refractivity contribution in [1.29, 1.82) is 0 Å². The van der Waals surface area contributed by atoms with Gasteiger partial charge in [-0.1, -0.05) is 13.8 Å². The summed E-state index contributed by atoms with van der Waals surface area (Å²) in [5.74, 6) is 1.07. The molecule has 0 saturated heterocycles. The Hall–Kier alpha value is -3.22. The zero-order valence-corrected chi connectivity index (χ0v) is 16.5. The lowest BCUT2D eigenvalue weighted by Crippen LogP contribution is -2.21. The average Bonchev–Trinajstić information content (AvgIpc) is 2.70. The van der Waals surface area contributed by atoms with Crippen molar-refractivity contribution in [2.45, 2.75) is 13.8 Å². The van der Waals surface area contributed by atoms with Crippen LogP contribution in [-0.2, 0) is 9.53 Å². The van der Waals surface area contributed by atoms with Gasteiger partial charge in [0.25, 0.3) is 5.91 Å². The maximum absolute atomic E-state index is 12.1. The van der Waals surface area contributed by atoms with E-state index in [1.54, 1.807) is 42.5 Å². The van der Waals surface area contributed by atoms with E-state index in [2.05, 4.69) is 19.2 Å². The number of amides is 1. The molecule has 1 N–H and O–H groups in total. The molecule has 2 aromatic carbocycles. The van der Waals surface area contributed by atoms with Gasteiger partial charge in [0, 0.05) is 11.8 Å². The molecule has 0 bridgehead atoms. The molecule has 0 saturated carbocycles. The van der Waals surface area contributed by atoms with Gasteiger partial charge < -0.3 is 24.3 Å². The molecule has 0 aromatic heterocycles. The van der Waals surface area contributed by atoms with Crippen molar-refractivity contribution in [2.24, 2.45) is 5.92 Å². The summed E-state index contributed by atoms with van der Waals surface area (Å²) in [5, 5.41) is 2.64. The SMILES string of the molecule is COc1ccc(NC(=O)COC(=O)c2ccc(OCC(C)C)cc2)cc1OC. The van der Waals surface area contributed by atoms with Crippen LogP contribution < -0.4 is 19.5 Å². The third kappa shape index (κ3) is 6.19. The molecule has 0 spiro atoms. The lowest BCUT2D eigenvalue weighted by molar-refractivity contribution is -0.119. The number of rotatable bonds is 9. The molecular formula is C21H25NO6. The quantitative estimate of drug-likeness (QED) is 0.663. The number of carbonyl (C=O) groups excluding carboxylic acids is 2. The van der Waals surface area contributed by atoms with Crippen LogP contribution in [0.5, 0.6) is 17.2 Å². The summed E-state index contributed by atoms with van der Waals surface area (Å²) in [6, 6.07) is 11.6. The molecule has 2 rings (SSSR count). The Balaban J connectivity index is 1.86. The fraction of sp³-hybridized carbons (Fsp3) is 0.333. The molecule has 28 heavy (non-hydrogen) atoms. The highest BCUT2D eigenvalue weighted by Crippen LogP contribution is 2.29. The minimum atomic E-state index is -0.585. The first-order valence-electron chi connectivity index (χ1n) is 8.84. The van der Waals surface area contributed by atoms with Crippen LogP contribution in [0, 0.1) is 5.92 Å². The van der Waals surface area contributed by atoms with Crippen molar-refractivity contribution in [1.82, 2.24) is 0 Å². The predicted octanol–water partition coefficient (Wildman–Crippen LogP) is 3.53. The molecule has 0 radical (unpaired) electrons. The predicted molar refractivity (Wildman–Crippen MR) is 105 cm³/mol. The Labute approximate surface area is 164 Å². The highest BCUT2D eigenvalue weighted by atomic mass is 16.5. The van der Waals surface area contributed by atoms with Crippen LogP contribution in [0.3, 0.4) is 0 Å². The van der Waals surface area contributed by atoms with Gasteiger partial charge in [-0.05, 0) is 42.3 Å². The first kappa shape index (κ1) is 21.1. The third-order valence-electron chi connectivity index (χ3n) is 3.68. The number of ether oxygens (including phenoxy) is 4. The number of methoxy groups -OCH3 is 2. The minimum Gasteiger partial charge on any atom is -0.493 e.